The summed E-state index contributed by atoms with van der Waals surface area (Å²) in [5.41, 5.74) is 0.685. The van der Waals surface area contributed by atoms with Crippen LogP contribution in [0, 0.1) is 5.41 Å². The van der Waals surface area contributed by atoms with E-state index in [1.54, 1.807) is 0 Å². The first-order valence-corrected chi connectivity index (χ1v) is 7.75. The lowest BCUT2D eigenvalue weighted by atomic mass is 9.73. The summed E-state index contributed by atoms with van der Waals surface area (Å²) in [6, 6.07) is 0. The molecule has 2 saturated heterocycles. The van der Waals surface area contributed by atoms with E-state index < -0.39 is 0 Å². The van der Waals surface area contributed by atoms with Crippen LogP contribution in [-0.4, -0.2) is 50.3 Å². The predicted molar refractivity (Wildman–Crippen MR) is 84.8 cm³/mol. The molecule has 0 amide bonds. The van der Waals surface area contributed by atoms with Gasteiger partial charge in [0.05, 0.1) is 6.10 Å². The van der Waals surface area contributed by atoms with Gasteiger partial charge in [-0.1, -0.05) is 21.3 Å². The van der Waals surface area contributed by atoms with Gasteiger partial charge in [0.15, 0.2) is 0 Å². The normalized spacial score (nSPS) is 21.3. The molecule has 2 aliphatic heterocycles. The van der Waals surface area contributed by atoms with Gasteiger partial charge in [0.1, 0.15) is 0 Å². The van der Waals surface area contributed by atoms with Crippen LogP contribution in [0.4, 0.5) is 0 Å². The molecule has 3 nitrogen and oxygen atoms in total. The van der Waals surface area contributed by atoms with Gasteiger partial charge in [0.25, 0.3) is 0 Å². The summed E-state index contributed by atoms with van der Waals surface area (Å²) >= 11 is 0. The first-order chi connectivity index (χ1) is 8.70. The highest BCUT2D eigenvalue weighted by molar-refractivity contribution is 4.95. The Morgan fingerprint density at radius 2 is 1.74 bits per heavy atom. The van der Waals surface area contributed by atoms with Gasteiger partial charge in [-0.2, -0.15) is 0 Å². The molecular formula is C16H36N2O. The Morgan fingerprint density at radius 1 is 1.16 bits per heavy atom. The maximum absolute atomic E-state index is 5.57. The third-order valence-corrected chi connectivity index (χ3v) is 3.99. The van der Waals surface area contributed by atoms with E-state index in [2.05, 4.69) is 24.1 Å². The van der Waals surface area contributed by atoms with Gasteiger partial charge >= 0.3 is 0 Å². The lowest BCUT2D eigenvalue weighted by Crippen LogP contribution is -2.58. The first-order valence-electron chi connectivity index (χ1n) is 7.75. The van der Waals surface area contributed by atoms with Crippen molar-refractivity contribution in [1.29, 1.82) is 0 Å². The Labute approximate surface area is 121 Å². The molecule has 0 atom stereocenters. The topological polar surface area (TPSA) is 24.5 Å². The van der Waals surface area contributed by atoms with Crippen molar-refractivity contribution in [1.82, 2.24) is 10.2 Å². The molecule has 1 spiro atoms. The third-order valence-electron chi connectivity index (χ3n) is 3.99. The molecule has 0 saturated carbocycles. The van der Waals surface area contributed by atoms with E-state index >= 15 is 0 Å². The van der Waals surface area contributed by atoms with Gasteiger partial charge in [-0.25, -0.2) is 0 Å². The summed E-state index contributed by atoms with van der Waals surface area (Å²) in [5.74, 6) is 0. The molecule has 116 valence electrons. The van der Waals surface area contributed by atoms with E-state index in [0.717, 1.165) is 6.61 Å². The summed E-state index contributed by atoms with van der Waals surface area (Å²) in [5, 5.41) is 3.41. The van der Waals surface area contributed by atoms with Crippen LogP contribution in [0.2, 0.25) is 0 Å². The van der Waals surface area contributed by atoms with Gasteiger partial charge in [0.2, 0.25) is 0 Å². The van der Waals surface area contributed by atoms with E-state index in [1.807, 2.05) is 13.8 Å². The van der Waals surface area contributed by atoms with Crippen molar-refractivity contribution >= 4 is 0 Å². The fourth-order valence-electron chi connectivity index (χ4n) is 2.69. The molecular weight excluding hydrogens is 236 g/mol. The summed E-state index contributed by atoms with van der Waals surface area (Å²) in [7, 11) is 0. The van der Waals surface area contributed by atoms with Crippen LogP contribution < -0.4 is 5.32 Å². The lowest BCUT2D eigenvalue weighted by molar-refractivity contribution is 0.0404. The zero-order chi connectivity index (χ0) is 13.4. The van der Waals surface area contributed by atoms with Crippen molar-refractivity contribution in [2.45, 2.75) is 60.5 Å². The molecule has 2 heterocycles. The Kier molecular flexibility index (Phi) is 9.67. The highest BCUT2D eigenvalue weighted by Crippen LogP contribution is 2.34. The molecule has 0 aromatic carbocycles. The van der Waals surface area contributed by atoms with Gasteiger partial charge in [0, 0.05) is 26.2 Å². The molecule has 0 unspecified atom stereocenters. The minimum atomic E-state index is 0. The third kappa shape index (κ3) is 6.24. The van der Waals surface area contributed by atoms with Gasteiger partial charge < -0.3 is 15.0 Å². The Morgan fingerprint density at radius 3 is 2.16 bits per heavy atom. The number of nitrogens with zero attached hydrogens (tertiary/aromatic N) is 1. The number of hydrogen-bond donors (Lipinski definition) is 1. The largest absolute Gasteiger partial charge is 0.379 e. The van der Waals surface area contributed by atoms with E-state index in [1.165, 1.54) is 52.0 Å². The number of piperidine rings is 1. The molecule has 0 aromatic heterocycles. The Balaban J connectivity index is 0.00000103. The summed E-state index contributed by atoms with van der Waals surface area (Å²) in [6.07, 6.45) is 4.35. The van der Waals surface area contributed by atoms with Crippen LogP contribution in [0.5, 0.6) is 0 Å². The van der Waals surface area contributed by atoms with E-state index in [0.29, 0.717) is 11.5 Å². The highest BCUT2D eigenvalue weighted by Gasteiger charge is 2.39. The molecule has 2 aliphatic rings. The second-order valence-electron chi connectivity index (χ2n) is 5.72. The molecule has 0 aromatic rings. The van der Waals surface area contributed by atoms with Crippen molar-refractivity contribution in [3.8, 4) is 0 Å². The standard InChI is InChI=1S/C13H26N2O.C2H6.CH4/c1-12(2)16-9-3-6-15-7-4-13(5-8-15)10-14-11-13;1-2;/h12,14H,3-11H2,1-2H3;1-2H3;1H4. The van der Waals surface area contributed by atoms with Gasteiger partial charge in [-0.15, -0.1) is 0 Å². The van der Waals surface area contributed by atoms with E-state index in [9.17, 15) is 0 Å². The van der Waals surface area contributed by atoms with Gasteiger partial charge in [-0.3, -0.25) is 0 Å². The van der Waals surface area contributed by atoms with Crippen molar-refractivity contribution in [2.75, 3.05) is 39.3 Å². The molecule has 2 rings (SSSR count). The second-order valence-corrected chi connectivity index (χ2v) is 5.72. The summed E-state index contributed by atoms with van der Waals surface area (Å²) < 4.78 is 5.57. The van der Waals surface area contributed by atoms with Crippen molar-refractivity contribution < 1.29 is 4.74 Å². The highest BCUT2D eigenvalue weighted by atomic mass is 16.5. The molecule has 0 radical (unpaired) electrons. The number of ether oxygens (including phenoxy) is 1. The van der Waals surface area contributed by atoms with Crippen LogP contribution in [0.15, 0.2) is 0 Å². The van der Waals surface area contributed by atoms with Crippen LogP contribution >= 0.6 is 0 Å². The lowest BCUT2D eigenvalue weighted by Gasteiger charge is -2.48. The average Bonchev–Trinajstić information content (AvgIpc) is 2.36. The first kappa shape index (κ1) is 18.9. The van der Waals surface area contributed by atoms with E-state index in [-0.39, 0.29) is 7.43 Å². The maximum atomic E-state index is 5.57. The van der Waals surface area contributed by atoms with Crippen molar-refractivity contribution in [3.05, 3.63) is 0 Å². The fourth-order valence-corrected chi connectivity index (χ4v) is 2.69. The smallest absolute Gasteiger partial charge is 0.0518 e. The second kappa shape index (κ2) is 9.73. The van der Waals surface area contributed by atoms with Crippen molar-refractivity contribution in [3.63, 3.8) is 0 Å². The summed E-state index contributed by atoms with van der Waals surface area (Å²) in [4.78, 5) is 2.60. The molecule has 3 heteroatoms. The molecule has 0 aliphatic carbocycles. The molecule has 1 N–H and O–H groups in total. The molecule has 19 heavy (non-hydrogen) atoms. The number of rotatable bonds is 5. The zero-order valence-corrected chi connectivity index (χ0v) is 12.8. The zero-order valence-electron chi connectivity index (χ0n) is 12.8. The number of nitrogens with one attached hydrogen (secondary N) is 1. The minimum Gasteiger partial charge on any atom is -0.379 e. The molecule has 2 fully saturated rings. The number of likely N-dealkylation sites (tertiary alicyclic amines) is 1. The predicted octanol–water partition coefficient (Wildman–Crippen LogP) is 3.15. The Bertz CT molecular complexity index is 205. The van der Waals surface area contributed by atoms with Crippen LogP contribution in [-0.2, 0) is 4.74 Å². The average molecular weight is 272 g/mol. The van der Waals surface area contributed by atoms with Gasteiger partial charge in [-0.05, 0) is 51.6 Å². The SMILES string of the molecule is C.CC.CC(C)OCCCN1CCC2(CC1)CNC2. The molecule has 0 bridgehead atoms. The minimum absolute atomic E-state index is 0. The van der Waals surface area contributed by atoms with Crippen LogP contribution in [0.3, 0.4) is 0 Å². The fraction of sp³-hybridized carbons (Fsp3) is 1.00. The van der Waals surface area contributed by atoms with Crippen LogP contribution in [0.25, 0.3) is 0 Å². The quantitative estimate of drug-likeness (QED) is 0.778. The maximum Gasteiger partial charge on any atom is 0.0518 e. The number of hydrogen-bond acceptors (Lipinski definition) is 3. The van der Waals surface area contributed by atoms with Crippen molar-refractivity contribution in [2.24, 2.45) is 5.41 Å². The van der Waals surface area contributed by atoms with Crippen LogP contribution in [0.1, 0.15) is 54.4 Å². The Hall–Kier alpha value is -0.120. The monoisotopic (exact) mass is 272 g/mol. The van der Waals surface area contributed by atoms with E-state index in [4.69, 9.17) is 4.74 Å². The summed E-state index contributed by atoms with van der Waals surface area (Å²) in [6.45, 7) is 15.5.